The van der Waals surface area contributed by atoms with Crippen molar-refractivity contribution in [1.82, 2.24) is 14.5 Å². The summed E-state index contributed by atoms with van der Waals surface area (Å²) in [7, 11) is 0. The molecule has 16 heavy (non-hydrogen) atoms. The third-order valence-electron chi connectivity index (χ3n) is 2.48. The lowest BCUT2D eigenvalue weighted by Crippen LogP contribution is -2.15. The van der Waals surface area contributed by atoms with E-state index >= 15 is 0 Å². The van der Waals surface area contributed by atoms with Crippen molar-refractivity contribution in [3.63, 3.8) is 0 Å². The molecule has 0 fully saturated rings. The highest BCUT2D eigenvalue weighted by molar-refractivity contribution is 7.07. The van der Waals surface area contributed by atoms with Crippen molar-refractivity contribution >= 4 is 11.3 Å². The van der Waals surface area contributed by atoms with Gasteiger partial charge in [-0.25, -0.2) is 4.98 Å². The molecule has 0 saturated carbocycles. The molecule has 0 aliphatic heterocycles. The second-order valence-electron chi connectivity index (χ2n) is 3.63. The fraction of sp³-hybridized carbons (Fsp3) is 0.400. The van der Waals surface area contributed by atoms with Gasteiger partial charge in [0.2, 0.25) is 0 Å². The summed E-state index contributed by atoms with van der Waals surface area (Å²) < 4.78 is 1.96. The van der Waals surface area contributed by atoms with Crippen LogP contribution in [0.5, 0.6) is 0 Å². The summed E-state index contributed by atoms with van der Waals surface area (Å²) in [6.07, 6.45) is 4.38. The van der Waals surface area contributed by atoms with Gasteiger partial charge in [0.1, 0.15) is 0 Å². The Morgan fingerprint density at radius 1 is 1.69 bits per heavy atom. The first-order chi connectivity index (χ1) is 7.70. The Morgan fingerprint density at radius 2 is 2.50 bits per heavy atom. The van der Waals surface area contributed by atoms with Crippen LogP contribution in [-0.2, 0) is 6.54 Å². The first-order valence-electron chi connectivity index (χ1n) is 5.13. The van der Waals surface area contributed by atoms with Crippen LogP contribution in [0.4, 0.5) is 0 Å². The number of hydrogen-bond donors (Lipinski definition) is 2. The van der Waals surface area contributed by atoms with Crippen LogP contribution in [0.1, 0.15) is 30.8 Å². The molecule has 2 aromatic heterocycles. The maximum Gasteiger partial charge on any atom is 0.304 e. The number of rotatable bonds is 4. The van der Waals surface area contributed by atoms with Crippen LogP contribution in [0.15, 0.2) is 22.7 Å². The first kappa shape index (κ1) is 11.1. The number of H-pyrrole nitrogens is 1. The van der Waals surface area contributed by atoms with E-state index in [1.54, 1.807) is 12.5 Å². The molecule has 86 valence electrons. The molecule has 1 atom stereocenters. The molecular weight excluding hydrogens is 224 g/mol. The molecule has 2 heterocycles. The Bertz CT molecular complexity index is 513. The average Bonchev–Trinajstić information content (AvgIpc) is 2.87. The summed E-state index contributed by atoms with van der Waals surface area (Å²) in [4.78, 5) is 17.8. The van der Waals surface area contributed by atoms with Gasteiger partial charge in [0.25, 0.3) is 0 Å². The highest BCUT2D eigenvalue weighted by Gasteiger charge is 2.10. The monoisotopic (exact) mass is 238 g/mol. The lowest BCUT2D eigenvalue weighted by molar-refractivity contribution is 0.615. The zero-order valence-electron chi connectivity index (χ0n) is 9.01. The summed E-state index contributed by atoms with van der Waals surface area (Å²) in [6.45, 7) is 2.65. The Morgan fingerprint density at radius 3 is 3.12 bits per heavy atom. The fourth-order valence-corrected chi connectivity index (χ4v) is 2.13. The van der Waals surface area contributed by atoms with E-state index in [2.05, 4.69) is 9.97 Å². The highest BCUT2D eigenvalue weighted by atomic mass is 32.1. The first-order valence-corrected chi connectivity index (χ1v) is 6.01. The summed E-state index contributed by atoms with van der Waals surface area (Å²) in [5.41, 5.74) is 7.85. The lowest BCUT2D eigenvalue weighted by Gasteiger charge is -2.11. The molecule has 3 N–H and O–H groups in total. The number of aromatic amines is 1. The number of nitrogens with one attached hydrogen (secondary N) is 1. The molecule has 0 aliphatic rings. The molecule has 0 unspecified atom stereocenters. The second kappa shape index (κ2) is 4.63. The normalized spacial score (nSPS) is 12.9. The van der Waals surface area contributed by atoms with Gasteiger partial charge in [0, 0.05) is 23.3 Å². The largest absolute Gasteiger partial charge is 0.327 e. The van der Waals surface area contributed by atoms with Crippen molar-refractivity contribution in [1.29, 1.82) is 0 Å². The average molecular weight is 238 g/mol. The van der Waals surface area contributed by atoms with E-state index in [0.29, 0.717) is 6.54 Å². The van der Waals surface area contributed by atoms with Gasteiger partial charge in [-0.1, -0.05) is 18.3 Å². The minimum absolute atomic E-state index is 0.00661. The molecule has 0 amide bonds. The molecule has 5 nitrogen and oxygen atoms in total. The van der Waals surface area contributed by atoms with E-state index in [9.17, 15) is 4.79 Å². The smallest absolute Gasteiger partial charge is 0.304 e. The van der Waals surface area contributed by atoms with Gasteiger partial charge < -0.3 is 15.3 Å². The van der Waals surface area contributed by atoms with Crippen LogP contribution in [0.25, 0.3) is 0 Å². The molecule has 0 bridgehead atoms. The number of thiazole rings is 1. The Balaban J connectivity index is 2.21. The molecule has 0 aromatic carbocycles. The summed E-state index contributed by atoms with van der Waals surface area (Å²) in [6, 6.07) is -0.00661. The molecule has 0 radical (unpaired) electrons. The van der Waals surface area contributed by atoms with Gasteiger partial charge >= 0.3 is 4.87 Å². The Labute approximate surface area is 96.9 Å². The van der Waals surface area contributed by atoms with Crippen molar-refractivity contribution in [3.8, 4) is 0 Å². The molecule has 0 aliphatic carbocycles. The molecule has 2 rings (SSSR count). The van der Waals surface area contributed by atoms with Crippen molar-refractivity contribution in [2.75, 3.05) is 0 Å². The quantitative estimate of drug-likeness (QED) is 0.837. The highest BCUT2D eigenvalue weighted by Crippen LogP contribution is 2.14. The zero-order chi connectivity index (χ0) is 11.5. The van der Waals surface area contributed by atoms with Crippen molar-refractivity contribution in [2.45, 2.75) is 25.9 Å². The fourth-order valence-electron chi connectivity index (χ4n) is 1.56. The zero-order valence-corrected chi connectivity index (χ0v) is 9.83. The van der Waals surface area contributed by atoms with E-state index in [1.165, 1.54) is 11.3 Å². The van der Waals surface area contributed by atoms with E-state index in [1.807, 2.05) is 16.9 Å². The minimum atomic E-state index is -0.0311. The van der Waals surface area contributed by atoms with Crippen LogP contribution in [0.2, 0.25) is 0 Å². The Hall–Kier alpha value is -1.40. The summed E-state index contributed by atoms with van der Waals surface area (Å²) in [5, 5.41) is 1.82. The third kappa shape index (κ3) is 2.23. The number of aromatic nitrogens is 3. The van der Waals surface area contributed by atoms with Crippen LogP contribution >= 0.6 is 11.3 Å². The molecule has 2 aromatic rings. The van der Waals surface area contributed by atoms with Gasteiger partial charge in [-0.2, -0.15) is 0 Å². The van der Waals surface area contributed by atoms with Crippen molar-refractivity contribution in [3.05, 3.63) is 39.0 Å². The van der Waals surface area contributed by atoms with Crippen molar-refractivity contribution < 1.29 is 0 Å². The van der Waals surface area contributed by atoms with Crippen molar-refractivity contribution in [2.24, 2.45) is 5.73 Å². The maximum absolute atomic E-state index is 11.0. The number of hydrogen-bond acceptors (Lipinski definition) is 4. The van der Waals surface area contributed by atoms with Crippen LogP contribution < -0.4 is 10.6 Å². The van der Waals surface area contributed by atoms with Crippen LogP contribution in [0, 0.1) is 0 Å². The molecule has 6 heteroatoms. The topological polar surface area (TPSA) is 76.7 Å². The summed E-state index contributed by atoms with van der Waals surface area (Å²) in [5.74, 6) is 0. The van der Waals surface area contributed by atoms with Gasteiger partial charge in [-0.15, -0.1) is 0 Å². The molecule has 0 spiro atoms. The van der Waals surface area contributed by atoms with Gasteiger partial charge in [-0.05, 0) is 6.42 Å². The maximum atomic E-state index is 11.0. The minimum Gasteiger partial charge on any atom is -0.327 e. The van der Waals surface area contributed by atoms with Crippen LogP contribution in [-0.4, -0.2) is 14.5 Å². The van der Waals surface area contributed by atoms with E-state index < -0.39 is 0 Å². The second-order valence-corrected chi connectivity index (χ2v) is 4.48. The lowest BCUT2D eigenvalue weighted by atomic mass is 10.2. The summed E-state index contributed by atoms with van der Waals surface area (Å²) >= 11 is 1.17. The Kier molecular flexibility index (Phi) is 3.21. The van der Waals surface area contributed by atoms with Gasteiger partial charge in [0.05, 0.1) is 18.6 Å². The predicted molar refractivity (Wildman–Crippen MR) is 63.5 cm³/mol. The predicted octanol–water partition coefficient (Wildman–Crippen LogP) is 1.09. The number of imidazole rings is 1. The van der Waals surface area contributed by atoms with Gasteiger partial charge in [-0.3, -0.25) is 4.79 Å². The van der Waals surface area contributed by atoms with Gasteiger partial charge in [0.15, 0.2) is 0 Å². The molecule has 0 saturated heterocycles. The standard InChI is InChI=1S/C10H14N4OS/c1-2-8(11)9-3-12-6-14(9)4-7-5-16-10(15)13-7/h3,5-6,8H,2,4,11H2,1H3,(H,13,15)/t8-/m1/s1. The third-order valence-corrected chi connectivity index (χ3v) is 3.19. The van der Waals surface area contributed by atoms with E-state index in [4.69, 9.17) is 5.73 Å². The SMILES string of the molecule is CC[C@@H](N)c1cncn1Cc1csc(=O)[nH]1. The molecular formula is C10H14N4OS. The number of nitrogens with two attached hydrogens (primary N) is 1. The van der Waals surface area contributed by atoms with E-state index in [0.717, 1.165) is 17.8 Å². The number of nitrogens with zero attached hydrogens (tertiary/aromatic N) is 2. The van der Waals surface area contributed by atoms with Crippen LogP contribution in [0.3, 0.4) is 0 Å². The van der Waals surface area contributed by atoms with E-state index in [-0.39, 0.29) is 10.9 Å².